The van der Waals surface area contributed by atoms with E-state index in [1.165, 1.54) is 18.5 Å². The Morgan fingerprint density at radius 3 is 2.52 bits per heavy atom. The highest BCUT2D eigenvalue weighted by Gasteiger charge is 2.21. The predicted molar refractivity (Wildman–Crippen MR) is 120 cm³/mol. The van der Waals surface area contributed by atoms with E-state index in [0.717, 1.165) is 24.6 Å². The summed E-state index contributed by atoms with van der Waals surface area (Å²) in [6, 6.07) is 15.6. The second-order valence-electron chi connectivity index (χ2n) is 7.96. The minimum Gasteiger partial charge on any atom is -0.481 e. The molecule has 3 rings (SSSR count). The molecule has 2 atom stereocenters. The fourth-order valence-corrected chi connectivity index (χ4v) is 3.84. The zero-order valence-electron chi connectivity index (χ0n) is 17.5. The van der Waals surface area contributed by atoms with Crippen molar-refractivity contribution in [1.82, 2.24) is 5.32 Å². The van der Waals surface area contributed by atoms with Crippen molar-refractivity contribution in [2.24, 2.45) is 5.92 Å². The molecule has 1 aliphatic rings. The van der Waals surface area contributed by atoms with Crippen LogP contribution < -0.4 is 15.0 Å². The van der Waals surface area contributed by atoms with Gasteiger partial charge in [-0.05, 0) is 68.0 Å². The normalized spacial score (nSPS) is 16.9. The van der Waals surface area contributed by atoms with Crippen molar-refractivity contribution in [3.63, 3.8) is 0 Å². The molecular weight excluding hydrogens is 384 g/mol. The van der Waals surface area contributed by atoms with Gasteiger partial charge in [-0.15, -0.1) is 0 Å². The molecule has 1 fully saturated rings. The number of hydrogen-bond acceptors (Lipinski definition) is 3. The van der Waals surface area contributed by atoms with Gasteiger partial charge >= 0.3 is 0 Å². The maximum atomic E-state index is 12.7. The number of nitrogens with one attached hydrogen (secondary N) is 1. The van der Waals surface area contributed by atoms with Crippen molar-refractivity contribution in [1.29, 1.82) is 0 Å². The Morgan fingerprint density at radius 1 is 1.21 bits per heavy atom. The van der Waals surface area contributed by atoms with Crippen LogP contribution in [0.4, 0.5) is 5.69 Å². The highest BCUT2D eigenvalue weighted by molar-refractivity contribution is 6.30. The molecule has 1 heterocycles. The molecule has 1 amide bonds. The van der Waals surface area contributed by atoms with Crippen molar-refractivity contribution in [3.05, 3.63) is 59.1 Å². The molecule has 1 saturated heterocycles. The van der Waals surface area contributed by atoms with Crippen LogP contribution in [0.15, 0.2) is 48.5 Å². The van der Waals surface area contributed by atoms with Crippen molar-refractivity contribution in [2.45, 2.75) is 52.2 Å². The van der Waals surface area contributed by atoms with Gasteiger partial charge in [-0.25, -0.2) is 0 Å². The maximum Gasteiger partial charge on any atom is 0.261 e. The summed E-state index contributed by atoms with van der Waals surface area (Å²) >= 11 is 6.01. The van der Waals surface area contributed by atoms with Crippen LogP contribution >= 0.6 is 11.6 Å². The second-order valence-corrected chi connectivity index (χ2v) is 8.40. The summed E-state index contributed by atoms with van der Waals surface area (Å²) in [6.45, 7) is 8.50. The van der Waals surface area contributed by atoms with Crippen molar-refractivity contribution >= 4 is 23.2 Å². The highest BCUT2D eigenvalue weighted by Crippen LogP contribution is 2.25. The molecule has 2 aromatic carbocycles. The molecule has 0 bridgehead atoms. The van der Waals surface area contributed by atoms with E-state index in [2.05, 4.69) is 41.4 Å². The first-order valence-electron chi connectivity index (χ1n) is 10.5. The number of nitrogens with zero attached hydrogens (tertiary/aromatic N) is 1. The first kappa shape index (κ1) is 21.5. The Kier molecular flexibility index (Phi) is 7.43. The molecule has 0 aliphatic carbocycles. The van der Waals surface area contributed by atoms with Crippen LogP contribution in [-0.4, -0.2) is 25.1 Å². The summed E-state index contributed by atoms with van der Waals surface area (Å²) < 4.78 is 5.85. The van der Waals surface area contributed by atoms with E-state index in [-0.39, 0.29) is 11.9 Å². The molecule has 4 nitrogen and oxygen atoms in total. The number of rotatable bonds is 7. The van der Waals surface area contributed by atoms with Gasteiger partial charge in [0, 0.05) is 23.8 Å². The Bertz CT molecular complexity index is 801. The summed E-state index contributed by atoms with van der Waals surface area (Å²) in [4.78, 5) is 15.2. The minimum absolute atomic E-state index is 0.0880. The lowest BCUT2D eigenvalue weighted by molar-refractivity contribution is -0.128. The molecule has 29 heavy (non-hydrogen) atoms. The Balaban J connectivity index is 1.58. The number of anilines is 1. The molecule has 1 aliphatic heterocycles. The smallest absolute Gasteiger partial charge is 0.261 e. The van der Waals surface area contributed by atoms with Gasteiger partial charge in [-0.3, -0.25) is 4.79 Å². The Morgan fingerprint density at radius 2 is 1.90 bits per heavy atom. The zero-order chi connectivity index (χ0) is 20.8. The van der Waals surface area contributed by atoms with Crippen molar-refractivity contribution < 1.29 is 9.53 Å². The fraction of sp³-hybridized carbons (Fsp3) is 0.458. The van der Waals surface area contributed by atoms with Crippen LogP contribution in [0.3, 0.4) is 0 Å². The quantitative estimate of drug-likeness (QED) is 0.640. The lowest BCUT2D eigenvalue weighted by atomic mass is 9.98. The fourth-order valence-electron chi connectivity index (χ4n) is 3.66. The third kappa shape index (κ3) is 5.89. The number of halogens is 1. The lowest BCUT2D eigenvalue weighted by Crippen LogP contribution is -2.39. The highest BCUT2D eigenvalue weighted by atomic mass is 35.5. The van der Waals surface area contributed by atoms with Gasteiger partial charge in [0.25, 0.3) is 5.91 Å². The zero-order valence-corrected chi connectivity index (χ0v) is 18.3. The van der Waals surface area contributed by atoms with E-state index in [1.807, 2.05) is 26.0 Å². The van der Waals surface area contributed by atoms with Gasteiger partial charge in [0.15, 0.2) is 6.10 Å². The van der Waals surface area contributed by atoms with Crippen LogP contribution in [0.5, 0.6) is 5.75 Å². The molecule has 0 saturated carbocycles. The molecule has 1 N–H and O–H groups in total. The number of amides is 1. The monoisotopic (exact) mass is 414 g/mol. The summed E-state index contributed by atoms with van der Waals surface area (Å²) in [5.41, 5.74) is 2.35. The van der Waals surface area contributed by atoms with E-state index in [1.54, 1.807) is 12.1 Å². The predicted octanol–water partition coefficient (Wildman–Crippen LogP) is 5.61. The summed E-state index contributed by atoms with van der Waals surface area (Å²) in [5.74, 6) is 1.31. The number of piperidine rings is 1. The van der Waals surface area contributed by atoms with Crippen LogP contribution in [0, 0.1) is 5.92 Å². The number of carbonyl (C=O) groups excluding carboxylic acids is 1. The first-order chi connectivity index (χ1) is 14.0. The summed E-state index contributed by atoms with van der Waals surface area (Å²) in [7, 11) is 0. The van der Waals surface area contributed by atoms with Crippen LogP contribution in [0.2, 0.25) is 5.02 Å². The second kappa shape index (κ2) is 10.0. The van der Waals surface area contributed by atoms with Crippen LogP contribution in [0.1, 0.15) is 51.6 Å². The summed E-state index contributed by atoms with van der Waals surface area (Å²) in [5, 5.41) is 3.67. The number of benzene rings is 2. The van der Waals surface area contributed by atoms with Crippen LogP contribution in [0.25, 0.3) is 0 Å². The third-order valence-electron chi connectivity index (χ3n) is 5.64. The first-order valence-corrected chi connectivity index (χ1v) is 10.9. The number of hydrogen-bond donors (Lipinski definition) is 1. The minimum atomic E-state index is -0.550. The average molecular weight is 415 g/mol. The van der Waals surface area contributed by atoms with Crippen molar-refractivity contribution in [3.8, 4) is 5.75 Å². The van der Waals surface area contributed by atoms with Gasteiger partial charge in [0.2, 0.25) is 0 Å². The van der Waals surface area contributed by atoms with E-state index >= 15 is 0 Å². The number of carbonyl (C=O) groups is 1. The topological polar surface area (TPSA) is 41.6 Å². The van der Waals surface area contributed by atoms with Crippen LogP contribution in [-0.2, 0) is 4.79 Å². The molecule has 5 heteroatoms. The molecule has 156 valence electrons. The average Bonchev–Trinajstić information content (AvgIpc) is 2.72. The molecule has 0 spiro atoms. The molecule has 0 aromatic heterocycles. The van der Waals surface area contributed by atoms with Gasteiger partial charge in [-0.1, -0.05) is 43.6 Å². The largest absolute Gasteiger partial charge is 0.481 e. The van der Waals surface area contributed by atoms with Gasteiger partial charge in [0.05, 0.1) is 6.04 Å². The van der Waals surface area contributed by atoms with E-state index < -0.39 is 6.10 Å². The Labute approximate surface area is 179 Å². The van der Waals surface area contributed by atoms with E-state index in [4.69, 9.17) is 16.3 Å². The van der Waals surface area contributed by atoms with Gasteiger partial charge in [-0.2, -0.15) is 0 Å². The summed E-state index contributed by atoms with van der Waals surface area (Å²) in [6.07, 6.45) is 2.53. The SMILES string of the molecule is CCC(Oc1cccc(Cl)c1)C(=O)NC(C)c1ccc(N2CCC(C)CC2)cc1. The lowest BCUT2D eigenvalue weighted by Gasteiger charge is -2.32. The third-order valence-corrected chi connectivity index (χ3v) is 5.87. The molecule has 2 aromatic rings. The van der Waals surface area contributed by atoms with E-state index in [0.29, 0.717) is 17.2 Å². The standard InChI is InChI=1S/C24H31ClN2O2/c1-4-23(29-22-7-5-6-20(25)16-22)24(28)26-18(3)19-8-10-21(11-9-19)27-14-12-17(2)13-15-27/h5-11,16-18,23H,4,12-15H2,1-3H3,(H,26,28). The molecule has 0 radical (unpaired) electrons. The molecule has 2 unspecified atom stereocenters. The molecular formula is C24H31ClN2O2. The Hall–Kier alpha value is -2.20. The van der Waals surface area contributed by atoms with E-state index in [9.17, 15) is 4.79 Å². The van der Waals surface area contributed by atoms with Gasteiger partial charge < -0.3 is 15.0 Å². The maximum absolute atomic E-state index is 12.7. The van der Waals surface area contributed by atoms with Gasteiger partial charge in [0.1, 0.15) is 5.75 Å². The number of ether oxygens (including phenoxy) is 1. The van der Waals surface area contributed by atoms with Crippen molar-refractivity contribution in [2.75, 3.05) is 18.0 Å².